The largest absolute Gasteiger partial charge is 0.396 e. The Hall–Kier alpha value is -1.33. The van der Waals surface area contributed by atoms with E-state index in [2.05, 4.69) is 9.88 Å². The number of carbonyl (C=O) groups is 1. The van der Waals surface area contributed by atoms with Crippen LogP contribution in [-0.4, -0.2) is 47.0 Å². The fourth-order valence-corrected chi connectivity index (χ4v) is 2.46. The monoisotopic (exact) mass is 266 g/mol. The van der Waals surface area contributed by atoms with Crippen LogP contribution in [0.4, 0.5) is 4.39 Å². The van der Waals surface area contributed by atoms with Gasteiger partial charge in [0.1, 0.15) is 11.5 Å². The van der Waals surface area contributed by atoms with E-state index in [0.717, 1.165) is 32.1 Å². The molecule has 1 aliphatic heterocycles. The lowest BCUT2D eigenvalue weighted by molar-refractivity contribution is 0.0963. The normalized spacial score (nSPS) is 19.8. The van der Waals surface area contributed by atoms with E-state index in [0.29, 0.717) is 24.6 Å². The van der Waals surface area contributed by atoms with Crippen LogP contribution in [0.25, 0.3) is 0 Å². The summed E-state index contributed by atoms with van der Waals surface area (Å²) >= 11 is 0. The van der Waals surface area contributed by atoms with Crippen LogP contribution in [0.5, 0.6) is 0 Å². The fourth-order valence-electron chi connectivity index (χ4n) is 2.46. The summed E-state index contributed by atoms with van der Waals surface area (Å²) in [6, 6.07) is 2.68. The number of aliphatic hydroxyl groups is 1. The van der Waals surface area contributed by atoms with Crippen LogP contribution in [0, 0.1) is 11.7 Å². The molecule has 1 unspecified atom stereocenters. The first-order valence-electron chi connectivity index (χ1n) is 6.67. The minimum absolute atomic E-state index is 0.0504. The number of aliphatic hydroxyl groups excluding tert-OH is 1. The topological polar surface area (TPSA) is 53.4 Å². The van der Waals surface area contributed by atoms with E-state index >= 15 is 0 Å². The molecule has 0 bridgehead atoms. The molecule has 1 aromatic heterocycles. The first-order chi connectivity index (χ1) is 9.19. The van der Waals surface area contributed by atoms with Crippen molar-refractivity contribution in [3.05, 3.63) is 29.8 Å². The summed E-state index contributed by atoms with van der Waals surface area (Å²) < 4.78 is 12.7. The maximum absolute atomic E-state index is 12.7. The standard InChI is InChI=1S/C14H19FN2O2/c15-12-1-2-13(16-9-12)14(19)4-7-17-6-3-11(10-17)5-8-18/h1-2,9,11,18H,3-8,10H2. The quantitative estimate of drug-likeness (QED) is 0.793. The molecule has 1 aromatic rings. The van der Waals surface area contributed by atoms with Gasteiger partial charge in [-0.1, -0.05) is 0 Å². The predicted octanol–water partition coefficient (Wildman–Crippen LogP) is 1.50. The average molecular weight is 266 g/mol. The van der Waals surface area contributed by atoms with Crippen molar-refractivity contribution in [2.45, 2.75) is 19.3 Å². The van der Waals surface area contributed by atoms with Gasteiger partial charge < -0.3 is 10.0 Å². The minimum Gasteiger partial charge on any atom is -0.396 e. The van der Waals surface area contributed by atoms with Crippen molar-refractivity contribution < 1.29 is 14.3 Å². The minimum atomic E-state index is -0.428. The van der Waals surface area contributed by atoms with E-state index in [-0.39, 0.29) is 12.4 Å². The molecule has 0 saturated carbocycles. The summed E-state index contributed by atoms with van der Waals surface area (Å²) in [5, 5.41) is 8.89. The Bertz CT molecular complexity index is 422. The van der Waals surface area contributed by atoms with Crippen LogP contribution < -0.4 is 0 Å². The Morgan fingerprint density at radius 3 is 3.05 bits per heavy atom. The van der Waals surface area contributed by atoms with Crippen molar-refractivity contribution in [3.63, 3.8) is 0 Å². The lowest BCUT2D eigenvalue weighted by atomic mass is 10.1. The van der Waals surface area contributed by atoms with Gasteiger partial charge in [0, 0.05) is 26.1 Å². The van der Waals surface area contributed by atoms with Crippen LogP contribution in [0.1, 0.15) is 29.8 Å². The van der Waals surface area contributed by atoms with Gasteiger partial charge in [0.25, 0.3) is 0 Å². The zero-order chi connectivity index (χ0) is 13.7. The molecule has 1 atom stereocenters. The Balaban J connectivity index is 1.76. The number of pyridine rings is 1. The molecule has 1 saturated heterocycles. The molecule has 1 aliphatic rings. The number of hydrogen-bond donors (Lipinski definition) is 1. The van der Waals surface area contributed by atoms with Gasteiger partial charge in [-0.3, -0.25) is 9.78 Å². The van der Waals surface area contributed by atoms with Crippen molar-refractivity contribution in [2.75, 3.05) is 26.2 Å². The molecule has 2 heterocycles. The smallest absolute Gasteiger partial charge is 0.182 e. The fraction of sp³-hybridized carbons (Fsp3) is 0.571. The summed E-state index contributed by atoms with van der Waals surface area (Å²) in [6.07, 6.45) is 3.40. The van der Waals surface area contributed by atoms with Crippen LogP contribution in [0.15, 0.2) is 18.3 Å². The predicted molar refractivity (Wildman–Crippen MR) is 69.4 cm³/mol. The lowest BCUT2D eigenvalue weighted by Gasteiger charge is -2.14. The van der Waals surface area contributed by atoms with Gasteiger partial charge in [-0.25, -0.2) is 4.39 Å². The third kappa shape index (κ3) is 4.08. The second-order valence-corrected chi connectivity index (χ2v) is 5.00. The maximum atomic E-state index is 12.7. The highest BCUT2D eigenvalue weighted by Gasteiger charge is 2.22. The van der Waals surface area contributed by atoms with Gasteiger partial charge in [-0.15, -0.1) is 0 Å². The molecule has 104 valence electrons. The Labute approximate surface area is 112 Å². The SMILES string of the molecule is O=C(CCN1CCC(CCO)C1)c1ccc(F)cn1. The van der Waals surface area contributed by atoms with Crippen molar-refractivity contribution in [1.82, 2.24) is 9.88 Å². The number of nitrogens with zero attached hydrogens (tertiary/aromatic N) is 2. The number of likely N-dealkylation sites (tertiary alicyclic amines) is 1. The van der Waals surface area contributed by atoms with Gasteiger partial charge in [0.05, 0.1) is 6.20 Å². The molecule has 19 heavy (non-hydrogen) atoms. The summed E-state index contributed by atoms with van der Waals surface area (Å²) in [5.41, 5.74) is 0.326. The number of carbonyl (C=O) groups excluding carboxylic acids is 1. The molecule has 0 aromatic carbocycles. The summed E-state index contributed by atoms with van der Waals surface area (Å²) in [7, 11) is 0. The van der Waals surface area contributed by atoms with E-state index in [9.17, 15) is 9.18 Å². The Kier molecular flexibility index (Phi) is 4.99. The van der Waals surface area contributed by atoms with Crippen molar-refractivity contribution in [1.29, 1.82) is 0 Å². The zero-order valence-corrected chi connectivity index (χ0v) is 10.9. The lowest BCUT2D eigenvalue weighted by Crippen LogP contribution is -2.24. The summed E-state index contributed by atoms with van der Waals surface area (Å²) in [4.78, 5) is 17.9. The molecule has 4 nitrogen and oxygen atoms in total. The average Bonchev–Trinajstić information content (AvgIpc) is 2.85. The van der Waals surface area contributed by atoms with Crippen molar-refractivity contribution in [3.8, 4) is 0 Å². The number of aromatic nitrogens is 1. The highest BCUT2D eigenvalue weighted by molar-refractivity contribution is 5.94. The number of halogens is 1. The van der Waals surface area contributed by atoms with Gasteiger partial charge in [-0.05, 0) is 37.4 Å². The number of rotatable bonds is 6. The molecule has 0 radical (unpaired) electrons. The van der Waals surface area contributed by atoms with E-state index in [4.69, 9.17) is 5.11 Å². The molecular formula is C14H19FN2O2. The summed E-state index contributed by atoms with van der Waals surface area (Å²) in [5.74, 6) is 0.0672. The summed E-state index contributed by atoms with van der Waals surface area (Å²) in [6.45, 7) is 2.87. The molecule has 0 spiro atoms. The number of hydrogen-bond acceptors (Lipinski definition) is 4. The maximum Gasteiger partial charge on any atom is 0.182 e. The van der Waals surface area contributed by atoms with E-state index in [1.54, 1.807) is 0 Å². The molecular weight excluding hydrogens is 247 g/mol. The van der Waals surface area contributed by atoms with E-state index in [1.165, 1.54) is 12.1 Å². The van der Waals surface area contributed by atoms with Crippen molar-refractivity contribution >= 4 is 5.78 Å². The van der Waals surface area contributed by atoms with Gasteiger partial charge in [-0.2, -0.15) is 0 Å². The first kappa shape index (κ1) is 14.1. The second-order valence-electron chi connectivity index (χ2n) is 5.00. The molecule has 0 amide bonds. The first-order valence-corrected chi connectivity index (χ1v) is 6.67. The number of ketones is 1. The molecule has 1 N–H and O–H groups in total. The molecule has 2 rings (SSSR count). The van der Waals surface area contributed by atoms with Gasteiger partial charge in [0.2, 0.25) is 0 Å². The van der Waals surface area contributed by atoms with Gasteiger partial charge >= 0.3 is 0 Å². The highest BCUT2D eigenvalue weighted by Crippen LogP contribution is 2.19. The van der Waals surface area contributed by atoms with Crippen LogP contribution in [-0.2, 0) is 0 Å². The second kappa shape index (κ2) is 6.73. The number of Topliss-reactive ketones (excluding diaryl/α,β-unsaturated/α-hetero) is 1. The molecule has 5 heteroatoms. The van der Waals surface area contributed by atoms with Crippen LogP contribution in [0.3, 0.4) is 0 Å². The highest BCUT2D eigenvalue weighted by atomic mass is 19.1. The molecule has 1 fully saturated rings. The third-order valence-electron chi connectivity index (χ3n) is 3.58. The van der Waals surface area contributed by atoms with E-state index < -0.39 is 5.82 Å². The van der Waals surface area contributed by atoms with E-state index in [1.807, 2.05) is 0 Å². The van der Waals surface area contributed by atoms with Crippen LogP contribution in [0.2, 0.25) is 0 Å². The molecule has 0 aliphatic carbocycles. The van der Waals surface area contributed by atoms with Crippen molar-refractivity contribution in [2.24, 2.45) is 5.92 Å². The zero-order valence-electron chi connectivity index (χ0n) is 10.9. The van der Waals surface area contributed by atoms with Crippen LogP contribution >= 0.6 is 0 Å². The van der Waals surface area contributed by atoms with Gasteiger partial charge in [0.15, 0.2) is 5.78 Å². The Morgan fingerprint density at radius 1 is 1.53 bits per heavy atom. The Morgan fingerprint density at radius 2 is 2.37 bits per heavy atom. The third-order valence-corrected chi connectivity index (χ3v) is 3.58.